The van der Waals surface area contributed by atoms with Gasteiger partial charge in [0.15, 0.2) is 11.6 Å². The topological polar surface area (TPSA) is 9.23 Å². The van der Waals surface area contributed by atoms with E-state index in [9.17, 15) is 13.2 Å². The molecule has 0 amide bonds. The van der Waals surface area contributed by atoms with Crippen LogP contribution in [0, 0.1) is 17.5 Å². The Kier molecular flexibility index (Phi) is 7.71. The standard InChI is InChI=1S/C31H27F3O/c1-3-5-21-6-13-24(14-7-21)28-18-16-25(30(33)31(28)34)15-10-22-8-11-23(12-9-22)27-19-17-26(35-4-2)20-29(27)32/h6-20H,3-5H2,1-2H3/b15-10+. The van der Waals surface area contributed by atoms with Gasteiger partial charge in [-0.15, -0.1) is 0 Å². The fourth-order valence-corrected chi connectivity index (χ4v) is 4.00. The van der Waals surface area contributed by atoms with Gasteiger partial charge in [-0.05, 0) is 47.7 Å². The van der Waals surface area contributed by atoms with Crippen molar-refractivity contribution in [1.29, 1.82) is 0 Å². The average molecular weight is 473 g/mol. The molecule has 0 aliphatic carbocycles. The molecule has 0 atom stereocenters. The molecule has 0 aliphatic heterocycles. The lowest BCUT2D eigenvalue weighted by Crippen LogP contribution is -1.94. The highest BCUT2D eigenvalue weighted by atomic mass is 19.2. The summed E-state index contributed by atoms with van der Waals surface area (Å²) < 4.78 is 49.4. The third-order valence-corrected chi connectivity index (χ3v) is 5.84. The summed E-state index contributed by atoms with van der Waals surface area (Å²) in [5.74, 6) is -1.62. The van der Waals surface area contributed by atoms with Crippen molar-refractivity contribution in [2.24, 2.45) is 0 Å². The predicted octanol–water partition coefficient (Wildman–Crippen LogP) is 8.96. The molecule has 4 aromatic carbocycles. The highest BCUT2D eigenvalue weighted by Gasteiger charge is 2.13. The largest absolute Gasteiger partial charge is 0.494 e. The maximum Gasteiger partial charge on any atom is 0.167 e. The normalized spacial score (nSPS) is 11.2. The van der Waals surface area contributed by atoms with Crippen molar-refractivity contribution in [1.82, 2.24) is 0 Å². The van der Waals surface area contributed by atoms with E-state index in [0.717, 1.165) is 18.4 Å². The van der Waals surface area contributed by atoms with Gasteiger partial charge in [0.25, 0.3) is 0 Å². The number of rotatable bonds is 8. The zero-order valence-electron chi connectivity index (χ0n) is 19.8. The van der Waals surface area contributed by atoms with Crippen LogP contribution in [0.25, 0.3) is 34.4 Å². The molecule has 0 saturated carbocycles. The predicted molar refractivity (Wildman–Crippen MR) is 138 cm³/mol. The van der Waals surface area contributed by atoms with Crippen molar-refractivity contribution in [3.05, 3.63) is 113 Å². The lowest BCUT2D eigenvalue weighted by Gasteiger charge is -2.08. The number of hydrogen-bond acceptors (Lipinski definition) is 1. The molecule has 0 aromatic heterocycles. The molecule has 0 N–H and O–H groups in total. The van der Waals surface area contributed by atoms with Crippen molar-refractivity contribution < 1.29 is 17.9 Å². The van der Waals surface area contributed by atoms with Crippen LogP contribution in [0.5, 0.6) is 5.75 Å². The van der Waals surface area contributed by atoms with E-state index < -0.39 is 11.6 Å². The molecular weight excluding hydrogens is 445 g/mol. The molecule has 0 saturated heterocycles. The smallest absolute Gasteiger partial charge is 0.167 e. The van der Waals surface area contributed by atoms with Crippen molar-refractivity contribution in [2.75, 3.05) is 6.61 Å². The van der Waals surface area contributed by atoms with Crippen LogP contribution >= 0.6 is 0 Å². The van der Waals surface area contributed by atoms with E-state index in [1.54, 1.807) is 48.6 Å². The van der Waals surface area contributed by atoms with Crippen molar-refractivity contribution in [2.45, 2.75) is 26.7 Å². The molecule has 0 aliphatic rings. The molecule has 0 heterocycles. The first-order valence-electron chi connectivity index (χ1n) is 11.8. The Morgan fingerprint density at radius 3 is 2.00 bits per heavy atom. The first-order valence-corrected chi connectivity index (χ1v) is 11.8. The first-order chi connectivity index (χ1) is 17.0. The number of aryl methyl sites for hydroxylation is 1. The molecule has 35 heavy (non-hydrogen) atoms. The number of benzene rings is 4. The minimum absolute atomic E-state index is 0.162. The molecule has 0 bridgehead atoms. The number of halogens is 3. The molecule has 0 spiro atoms. The second-order valence-electron chi connectivity index (χ2n) is 8.31. The molecule has 0 fully saturated rings. The lowest BCUT2D eigenvalue weighted by atomic mass is 9.99. The van der Waals surface area contributed by atoms with Crippen molar-refractivity contribution in [3.63, 3.8) is 0 Å². The van der Waals surface area contributed by atoms with Gasteiger partial charge in [-0.3, -0.25) is 0 Å². The molecule has 4 heteroatoms. The van der Waals surface area contributed by atoms with Gasteiger partial charge in [0.2, 0.25) is 0 Å². The van der Waals surface area contributed by atoms with Crippen LogP contribution in [0.2, 0.25) is 0 Å². The Bertz CT molecular complexity index is 1320. The summed E-state index contributed by atoms with van der Waals surface area (Å²) in [7, 11) is 0. The summed E-state index contributed by atoms with van der Waals surface area (Å²) in [6.07, 6.45) is 5.23. The van der Waals surface area contributed by atoms with E-state index in [1.165, 1.54) is 11.6 Å². The van der Waals surface area contributed by atoms with E-state index in [-0.39, 0.29) is 16.9 Å². The molecule has 0 radical (unpaired) electrons. The Hall–Kier alpha value is -3.79. The molecule has 4 rings (SSSR count). The molecule has 4 aromatic rings. The van der Waals surface area contributed by atoms with Crippen LogP contribution in [0.15, 0.2) is 78.9 Å². The zero-order valence-corrected chi connectivity index (χ0v) is 19.8. The summed E-state index contributed by atoms with van der Waals surface area (Å²) in [5, 5.41) is 0. The van der Waals surface area contributed by atoms with Gasteiger partial charge in [0.1, 0.15) is 11.6 Å². The highest BCUT2D eigenvalue weighted by molar-refractivity contribution is 5.74. The monoisotopic (exact) mass is 472 g/mol. The number of ether oxygens (including phenoxy) is 1. The minimum Gasteiger partial charge on any atom is -0.494 e. The fraction of sp³-hybridized carbons (Fsp3) is 0.161. The lowest BCUT2D eigenvalue weighted by molar-refractivity contribution is 0.338. The maximum absolute atomic E-state index is 14.8. The molecule has 1 nitrogen and oxygen atoms in total. The zero-order chi connectivity index (χ0) is 24.8. The van der Waals surface area contributed by atoms with Crippen LogP contribution in [-0.4, -0.2) is 6.61 Å². The highest BCUT2D eigenvalue weighted by Crippen LogP contribution is 2.29. The second kappa shape index (κ2) is 11.1. The maximum atomic E-state index is 14.8. The van der Waals surface area contributed by atoms with Crippen LogP contribution in [0.1, 0.15) is 37.0 Å². The Balaban J connectivity index is 1.51. The quantitative estimate of drug-likeness (QED) is 0.233. The van der Waals surface area contributed by atoms with Crippen LogP contribution in [0.4, 0.5) is 13.2 Å². The van der Waals surface area contributed by atoms with E-state index in [2.05, 4.69) is 6.92 Å². The molecular formula is C31H27F3O. The minimum atomic E-state index is -0.885. The van der Waals surface area contributed by atoms with Crippen LogP contribution in [0.3, 0.4) is 0 Å². The third kappa shape index (κ3) is 5.65. The van der Waals surface area contributed by atoms with Crippen molar-refractivity contribution in [3.8, 4) is 28.0 Å². The second-order valence-corrected chi connectivity index (χ2v) is 8.31. The Labute approximate surface area is 204 Å². The van der Waals surface area contributed by atoms with E-state index in [0.29, 0.717) is 29.0 Å². The summed E-state index contributed by atoms with van der Waals surface area (Å²) in [6.45, 7) is 4.42. The van der Waals surface area contributed by atoms with Gasteiger partial charge < -0.3 is 4.74 Å². The molecule has 178 valence electrons. The average Bonchev–Trinajstić information content (AvgIpc) is 2.87. The van der Waals surface area contributed by atoms with Gasteiger partial charge in [0, 0.05) is 22.8 Å². The first kappa shape index (κ1) is 24.3. The van der Waals surface area contributed by atoms with E-state index in [1.807, 2.05) is 43.3 Å². The Morgan fingerprint density at radius 1 is 0.686 bits per heavy atom. The number of hydrogen-bond donors (Lipinski definition) is 0. The van der Waals surface area contributed by atoms with Gasteiger partial charge in [-0.2, -0.15) is 0 Å². The SMILES string of the molecule is CCCc1ccc(-c2ccc(/C=C/c3ccc(-c4ccc(OCC)cc4F)cc3)c(F)c2F)cc1. The van der Waals surface area contributed by atoms with Gasteiger partial charge in [0.05, 0.1) is 6.61 Å². The summed E-state index contributed by atoms with van der Waals surface area (Å²) in [4.78, 5) is 0. The van der Waals surface area contributed by atoms with E-state index in [4.69, 9.17) is 4.74 Å². The summed E-state index contributed by atoms with van der Waals surface area (Å²) in [5.41, 5.74) is 4.20. The van der Waals surface area contributed by atoms with Gasteiger partial charge in [-0.1, -0.05) is 86.2 Å². The van der Waals surface area contributed by atoms with E-state index >= 15 is 0 Å². The van der Waals surface area contributed by atoms with Gasteiger partial charge in [-0.25, -0.2) is 13.2 Å². The fourth-order valence-electron chi connectivity index (χ4n) is 4.00. The molecule has 0 unspecified atom stereocenters. The van der Waals surface area contributed by atoms with Crippen molar-refractivity contribution >= 4 is 12.2 Å². The Morgan fingerprint density at radius 2 is 1.34 bits per heavy atom. The van der Waals surface area contributed by atoms with Gasteiger partial charge >= 0.3 is 0 Å². The summed E-state index contributed by atoms with van der Waals surface area (Å²) >= 11 is 0. The summed E-state index contributed by atoms with van der Waals surface area (Å²) in [6, 6.07) is 22.7. The van der Waals surface area contributed by atoms with Crippen LogP contribution in [-0.2, 0) is 6.42 Å². The van der Waals surface area contributed by atoms with Crippen LogP contribution < -0.4 is 4.74 Å². The third-order valence-electron chi connectivity index (χ3n) is 5.84.